The highest BCUT2D eigenvalue weighted by Crippen LogP contribution is 2.38. The van der Waals surface area contributed by atoms with Crippen LogP contribution in [0.15, 0.2) is 180 Å². The zero-order chi connectivity index (χ0) is 32.6. The van der Waals surface area contributed by atoms with Gasteiger partial charge in [0, 0.05) is 27.5 Å². The number of para-hydroxylation sites is 1. The van der Waals surface area contributed by atoms with E-state index in [-0.39, 0.29) is 0 Å². The summed E-state index contributed by atoms with van der Waals surface area (Å²) in [4.78, 5) is 15.1. The molecule has 49 heavy (non-hydrogen) atoms. The van der Waals surface area contributed by atoms with Gasteiger partial charge in [-0.3, -0.25) is 0 Å². The van der Waals surface area contributed by atoms with Gasteiger partial charge in [0.2, 0.25) is 0 Å². The van der Waals surface area contributed by atoms with E-state index in [1.165, 1.54) is 11.1 Å². The average Bonchev–Trinajstić information content (AvgIpc) is 3.58. The second kappa shape index (κ2) is 12.2. The predicted octanol–water partition coefficient (Wildman–Crippen LogP) is 11.8. The number of nitrogens with zero attached hydrogens (tertiary/aromatic N) is 3. The van der Waals surface area contributed by atoms with E-state index in [4.69, 9.17) is 19.4 Å². The fourth-order valence-electron chi connectivity index (χ4n) is 6.49. The maximum atomic E-state index is 6.20. The van der Waals surface area contributed by atoms with Gasteiger partial charge in [-0.15, -0.1) is 0 Å². The van der Waals surface area contributed by atoms with Crippen molar-refractivity contribution in [3.8, 4) is 67.5 Å². The third-order valence-electron chi connectivity index (χ3n) is 8.97. The maximum absolute atomic E-state index is 6.20. The molecule has 230 valence electrons. The first-order chi connectivity index (χ1) is 24.3. The highest BCUT2D eigenvalue weighted by molar-refractivity contribution is 6.12. The summed E-state index contributed by atoms with van der Waals surface area (Å²) in [5.41, 5.74) is 11.3. The summed E-state index contributed by atoms with van der Waals surface area (Å²) in [5, 5.41) is 2.20. The smallest absolute Gasteiger partial charge is 0.164 e. The Bertz CT molecular complexity index is 2470. The molecule has 0 aliphatic heterocycles. The second-order valence-electron chi connectivity index (χ2n) is 12.1. The standard InChI is InChI=1S/C45H29N3O/c1-3-11-30(12-4-1)32-21-25-34(26-22-32)43-46-44(35-27-23-33(24-28-35)31-13-5-2-6-14-31)48-45(47-43)37-16-9-15-36(29-37)38-18-10-20-41-42(38)39-17-7-8-19-40(39)49-41/h1-29H. The van der Waals surface area contributed by atoms with Crippen LogP contribution in [0.25, 0.3) is 89.5 Å². The lowest BCUT2D eigenvalue weighted by Crippen LogP contribution is -2.00. The van der Waals surface area contributed by atoms with Gasteiger partial charge in [-0.2, -0.15) is 0 Å². The van der Waals surface area contributed by atoms with E-state index in [0.29, 0.717) is 17.5 Å². The summed E-state index contributed by atoms with van der Waals surface area (Å²) < 4.78 is 6.20. The van der Waals surface area contributed by atoms with Gasteiger partial charge in [-0.05, 0) is 51.6 Å². The molecule has 0 saturated carbocycles. The molecule has 0 bridgehead atoms. The number of hydrogen-bond acceptors (Lipinski definition) is 4. The zero-order valence-electron chi connectivity index (χ0n) is 26.5. The van der Waals surface area contributed by atoms with Crippen molar-refractivity contribution in [2.24, 2.45) is 0 Å². The monoisotopic (exact) mass is 627 g/mol. The molecule has 0 fully saturated rings. The SMILES string of the molecule is c1ccc(-c2ccc(-c3nc(-c4ccc(-c5ccccc5)cc4)nc(-c4cccc(-c5cccc6oc7ccccc7c56)c4)n3)cc2)cc1. The number of furan rings is 1. The Balaban J connectivity index is 1.16. The van der Waals surface area contributed by atoms with Crippen LogP contribution in [0.2, 0.25) is 0 Å². The molecule has 0 amide bonds. The molecular formula is C45H29N3O. The van der Waals surface area contributed by atoms with Crippen molar-refractivity contribution in [2.45, 2.75) is 0 Å². The Morgan fingerprint density at radius 3 is 1.35 bits per heavy atom. The molecule has 0 aliphatic rings. The first kappa shape index (κ1) is 28.6. The normalized spacial score (nSPS) is 11.3. The number of fused-ring (bicyclic) bond motifs is 3. The van der Waals surface area contributed by atoms with Gasteiger partial charge < -0.3 is 4.42 Å². The van der Waals surface area contributed by atoms with E-state index in [1.54, 1.807) is 0 Å². The van der Waals surface area contributed by atoms with E-state index in [2.05, 4.69) is 140 Å². The summed E-state index contributed by atoms with van der Waals surface area (Å²) in [5.74, 6) is 1.87. The van der Waals surface area contributed by atoms with Crippen LogP contribution in [0.4, 0.5) is 0 Å². The molecule has 0 saturated heterocycles. The van der Waals surface area contributed by atoms with Crippen LogP contribution in [0, 0.1) is 0 Å². The fourth-order valence-corrected chi connectivity index (χ4v) is 6.49. The van der Waals surface area contributed by atoms with Gasteiger partial charge in [0.05, 0.1) is 0 Å². The topological polar surface area (TPSA) is 51.8 Å². The minimum absolute atomic E-state index is 0.616. The Labute approximate surface area is 284 Å². The third-order valence-corrected chi connectivity index (χ3v) is 8.97. The lowest BCUT2D eigenvalue weighted by atomic mass is 9.98. The molecule has 0 radical (unpaired) electrons. The molecule has 2 heterocycles. The van der Waals surface area contributed by atoms with Gasteiger partial charge in [-0.25, -0.2) is 15.0 Å². The molecule has 7 aromatic carbocycles. The summed E-state index contributed by atoms with van der Waals surface area (Å²) in [7, 11) is 0. The van der Waals surface area contributed by atoms with Crippen LogP contribution in [-0.2, 0) is 0 Å². The zero-order valence-corrected chi connectivity index (χ0v) is 26.5. The molecule has 2 aromatic heterocycles. The summed E-state index contributed by atoms with van der Waals surface area (Å²) in [6.07, 6.45) is 0. The third kappa shape index (κ3) is 5.45. The highest BCUT2D eigenvalue weighted by atomic mass is 16.3. The highest BCUT2D eigenvalue weighted by Gasteiger charge is 2.16. The Morgan fingerprint density at radius 1 is 0.306 bits per heavy atom. The maximum Gasteiger partial charge on any atom is 0.164 e. The summed E-state index contributed by atoms with van der Waals surface area (Å²) in [6.45, 7) is 0. The lowest BCUT2D eigenvalue weighted by molar-refractivity contribution is 0.669. The largest absolute Gasteiger partial charge is 0.456 e. The Morgan fingerprint density at radius 2 is 0.735 bits per heavy atom. The molecule has 4 nitrogen and oxygen atoms in total. The van der Waals surface area contributed by atoms with E-state index >= 15 is 0 Å². The summed E-state index contributed by atoms with van der Waals surface area (Å²) in [6, 6.07) is 60.5. The van der Waals surface area contributed by atoms with Crippen LogP contribution in [0.5, 0.6) is 0 Å². The van der Waals surface area contributed by atoms with Gasteiger partial charge in [0.25, 0.3) is 0 Å². The van der Waals surface area contributed by atoms with Gasteiger partial charge in [0.1, 0.15) is 11.2 Å². The van der Waals surface area contributed by atoms with Crippen molar-refractivity contribution < 1.29 is 4.42 Å². The number of rotatable bonds is 6. The van der Waals surface area contributed by atoms with Gasteiger partial charge >= 0.3 is 0 Å². The molecule has 0 N–H and O–H groups in total. The van der Waals surface area contributed by atoms with Crippen molar-refractivity contribution in [1.29, 1.82) is 0 Å². The van der Waals surface area contributed by atoms with Crippen molar-refractivity contribution >= 4 is 21.9 Å². The average molecular weight is 628 g/mol. The molecule has 0 aliphatic carbocycles. The van der Waals surface area contributed by atoms with E-state index < -0.39 is 0 Å². The molecule has 9 aromatic rings. The molecule has 9 rings (SSSR count). The molecular weight excluding hydrogens is 599 g/mol. The van der Waals surface area contributed by atoms with Crippen LogP contribution in [-0.4, -0.2) is 15.0 Å². The van der Waals surface area contributed by atoms with Crippen LogP contribution < -0.4 is 0 Å². The van der Waals surface area contributed by atoms with Gasteiger partial charge in [-0.1, -0.05) is 158 Å². The molecule has 4 heteroatoms. The Kier molecular flexibility index (Phi) is 7.10. The van der Waals surface area contributed by atoms with Crippen molar-refractivity contribution in [3.63, 3.8) is 0 Å². The number of hydrogen-bond donors (Lipinski definition) is 0. The summed E-state index contributed by atoms with van der Waals surface area (Å²) >= 11 is 0. The first-order valence-corrected chi connectivity index (χ1v) is 16.4. The van der Waals surface area contributed by atoms with Crippen LogP contribution >= 0.6 is 0 Å². The van der Waals surface area contributed by atoms with Gasteiger partial charge in [0.15, 0.2) is 17.5 Å². The van der Waals surface area contributed by atoms with Crippen LogP contribution in [0.3, 0.4) is 0 Å². The predicted molar refractivity (Wildman–Crippen MR) is 200 cm³/mol. The molecule has 0 spiro atoms. The minimum atomic E-state index is 0.616. The van der Waals surface area contributed by atoms with Crippen molar-refractivity contribution in [3.05, 3.63) is 176 Å². The Hall–Kier alpha value is -6.65. The number of aromatic nitrogens is 3. The van der Waals surface area contributed by atoms with E-state index in [0.717, 1.165) is 60.9 Å². The minimum Gasteiger partial charge on any atom is -0.456 e. The second-order valence-corrected chi connectivity index (χ2v) is 12.1. The van der Waals surface area contributed by atoms with Crippen molar-refractivity contribution in [2.75, 3.05) is 0 Å². The lowest BCUT2D eigenvalue weighted by Gasteiger charge is -2.11. The van der Waals surface area contributed by atoms with E-state index in [1.807, 2.05) is 36.4 Å². The van der Waals surface area contributed by atoms with Crippen molar-refractivity contribution in [1.82, 2.24) is 15.0 Å². The van der Waals surface area contributed by atoms with Crippen LogP contribution in [0.1, 0.15) is 0 Å². The molecule has 0 atom stereocenters. The quantitative estimate of drug-likeness (QED) is 0.184. The van der Waals surface area contributed by atoms with E-state index in [9.17, 15) is 0 Å². The fraction of sp³-hybridized carbons (Fsp3) is 0. The first-order valence-electron chi connectivity index (χ1n) is 16.4. The molecule has 0 unspecified atom stereocenters. The number of benzene rings is 7.